The molecule has 0 fully saturated rings. The number of anilines is 1. The van der Waals surface area contributed by atoms with Gasteiger partial charge >= 0.3 is 0 Å². The molecule has 0 saturated heterocycles. The van der Waals surface area contributed by atoms with Gasteiger partial charge < -0.3 is 5.32 Å². The fraction of sp³-hybridized carbons (Fsp3) is 0.375. The minimum atomic E-state index is -0.209. The number of amides is 2. The third-order valence-corrected chi connectivity index (χ3v) is 4.32. The van der Waals surface area contributed by atoms with Crippen molar-refractivity contribution in [3.05, 3.63) is 41.7 Å². The van der Waals surface area contributed by atoms with Crippen LogP contribution in [0.15, 0.2) is 30.6 Å². The maximum absolute atomic E-state index is 12.1. The Morgan fingerprint density at radius 2 is 2.00 bits per heavy atom. The molecule has 1 heterocycles. The minimum absolute atomic E-state index is 0.0260. The van der Waals surface area contributed by atoms with Gasteiger partial charge in [0, 0.05) is 43.2 Å². The maximum Gasteiger partial charge on any atom is 0.257 e. The van der Waals surface area contributed by atoms with Crippen LogP contribution in [-0.4, -0.2) is 46.2 Å². The third-order valence-electron chi connectivity index (χ3n) is 3.74. The second-order valence-corrected chi connectivity index (χ2v) is 6.32. The largest absolute Gasteiger partial charge is 0.359 e. The fourth-order valence-corrected chi connectivity index (χ4v) is 2.56. The van der Waals surface area contributed by atoms with Gasteiger partial charge in [-0.25, -0.2) is 4.98 Å². The van der Waals surface area contributed by atoms with Gasteiger partial charge in [0.05, 0.1) is 0 Å². The highest BCUT2D eigenvalue weighted by molar-refractivity contribution is 7.09. The summed E-state index contributed by atoms with van der Waals surface area (Å²) in [6, 6.07) is 7.52. The molecule has 0 unspecified atom stereocenters. The van der Waals surface area contributed by atoms with Crippen molar-refractivity contribution >= 4 is 28.5 Å². The van der Waals surface area contributed by atoms with Gasteiger partial charge in [0.2, 0.25) is 11.0 Å². The maximum atomic E-state index is 12.1. The Morgan fingerprint density at radius 3 is 2.58 bits per heavy atom. The molecule has 1 aromatic heterocycles. The van der Waals surface area contributed by atoms with E-state index in [-0.39, 0.29) is 17.9 Å². The van der Waals surface area contributed by atoms with Crippen molar-refractivity contribution in [1.29, 1.82) is 0 Å². The van der Waals surface area contributed by atoms with E-state index in [0.29, 0.717) is 23.7 Å². The molecule has 7 nitrogen and oxygen atoms in total. The molecule has 0 aliphatic heterocycles. The van der Waals surface area contributed by atoms with E-state index in [0.717, 1.165) is 17.1 Å². The average Bonchev–Trinajstić information content (AvgIpc) is 3.08. The molecule has 0 bridgehead atoms. The molecule has 0 aliphatic rings. The number of aromatic nitrogens is 2. The third kappa shape index (κ3) is 5.10. The molecule has 0 saturated carbocycles. The fourth-order valence-electron chi connectivity index (χ4n) is 2.13. The van der Waals surface area contributed by atoms with Gasteiger partial charge in [0.25, 0.3) is 5.91 Å². The topological polar surface area (TPSA) is 87.2 Å². The lowest BCUT2D eigenvalue weighted by Crippen LogP contribution is -2.33. The van der Waals surface area contributed by atoms with Crippen molar-refractivity contribution in [2.24, 2.45) is 0 Å². The van der Waals surface area contributed by atoms with Gasteiger partial charge in [-0.05, 0) is 31.7 Å². The van der Waals surface area contributed by atoms with Crippen LogP contribution in [0.5, 0.6) is 0 Å². The summed E-state index contributed by atoms with van der Waals surface area (Å²) in [5.74, 6) is -0.183. The number of nitrogens with one attached hydrogen (secondary N) is 2. The number of carbonyl (C=O) groups excluding carboxylic acids is 2. The Hall–Kier alpha value is -2.32. The average molecular weight is 347 g/mol. The first-order valence-corrected chi connectivity index (χ1v) is 8.34. The zero-order valence-corrected chi connectivity index (χ0v) is 14.8. The minimum Gasteiger partial charge on any atom is -0.359 e. The standard InChI is InChI=1S/C16H21N5O2S/c1-11(8-14(22)17-2)21(3)9-12-4-6-13(7-5-12)15(23)20-16-18-10-19-24-16/h4-7,10-11H,8-9H2,1-3H3,(H,17,22)(H,18,19,20,23)/t11-/m0/s1. The summed E-state index contributed by atoms with van der Waals surface area (Å²) in [6.45, 7) is 2.72. The van der Waals surface area contributed by atoms with Crippen LogP contribution < -0.4 is 10.6 Å². The van der Waals surface area contributed by atoms with Crippen LogP contribution in [0.2, 0.25) is 0 Å². The highest BCUT2D eigenvalue weighted by Crippen LogP contribution is 2.13. The quantitative estimate of drug-likeness (QED) is 0.797. The van der Waals surface area contributed by atoms with Gasteiger partial charge in [0.1, 0.15) is 6.33 Å². The first-order valence-electron chi connectivity index (χ1n) is 7.57. The lowest BCUT2D eigenvalue weighted by Gasteiger charge is -2.24. The lowest BCUT2D eigenvalue weighted by molar-refractivity contribution is -0.121. The van der Waals surface area contributed by atoms with E-state index < -0.39 is 0 Å². The molecule has 2 aromatic rings. The second-order valence-electron chi connectivity index (χ2n) is 5.54. The van der Waals surface area contributed by atoms with Gasteiger partial charge in [-0.1, -0.05) is 12.1 Å². The molecule has 1 atom stereocenters. The Morgan fingerprint density at radius 1 is 1.29 bits per heavy atom. The molecule has 1 aromatic carbocycles. The van der Waals surface area contributed by atoms with Crippen molar-refractivity contribution in [2.75, 3.05) is 19.4 Å². The highest BCUT2D eigenvalue weighted by Gasteiger charge is 2.14. The number of hydrogen-bond donors (Lipinski definition) is 2. The molecular weight excluding hydrogens is 326 g/mol. The van der Waals surface area contributed by atoms with E-state index in [1.165, 1.54) is 6.33 Å². The summed E-state index contributed by atoms with van der Waals surface area (Å²) in [7, 11) is 3.62. The highest BCUT2D eigenvalue weighted by atomic mass is 32.1. The van der Waals surface area contributed by atoms with Crippen LogP contribution in [0.3, 0.4) is 0 Å². The summed E-state index contributed by atoms with van der Waals surface area (Å²) in [6.07, 6.45) is 1.86. The smallest absolute Gasteiger partial charge is 0.257 e. The van der Waals surface area contributed by atoms with E-state index >= 15 is 0 Å². The normalized spacial score (nSPS) is 12.0. The lowest BCUT2D eigenvalue weighted by atomic mass is 10.1. The van der Waals surface area contributed by atoms with Crippen LogP contribution in [0, 0.1) is 0 Å². The van der Waals surface area contributed by atoms with Crippen LogP contribution in [-0.2, 0) is 11.3 Å². The van der Waals surface area contributed by atoms with Crippen LogP contribution in [0.1, 0.15) is 29.3 Å². The van der Waals surface area contributed by atoms with Crippen molar-refractivity contribution in [2.45, 2.75) is 25.9 Å². The summed E-state index contributed by atoms with van der Waals surface area (Å²) < 4.78 is 3.84. The molecule has 2 rings (SSSR count). The number of rotatable bonds is 7. The van der Waals surface area contributed by atoms with E-state index in [1.807, 2.05) is 26.1 Å². The SMILES string of the molecule is CNC(=O)C[C@H](C)N(C)Cc1ccc(C(=O)Nc2ncns2)cc1. The summed E-state index contributed by atoms with van der Waals surface area (Å²) in [5, 5.41) is 5.81. The molecule has 0 aliphatic carbocycles. The molecule has 2 amide bonds. The van der Waals surface area contributed by atoms with Crippen LogP contribution >= 0.6 is 11.5 Å². The molecule has 128 valence electrons. The Kier molecular flexibility index (Phi) is 6.39. The first kappa shape index (κ1) is 18.0. The van der Waals surface area contributed by atoms with E-state index in [9.17, 15) is 9.59 Å². The summed E-state index contributed by atoms with van der Waals surface area (Å²) >= 11 is 1.13. The molecule has 24 heavy (non-hydrogen) atoms. The summed E-state index contributed by atoms with van der Waals surface area (Å²) in [4.78, 5) is 29.5. The van der Waals surface area contributed by atoms with E-state index in [2.05, 4.69) is 24.9 Å². The Balaban J connectivity index is 1.91. The summed E-state index contributed by atoms with van der Waals surface area (Å²) in [5.41, 5.74) is 1.64. The number of hydrogen-bond acceptors (Lipinski definition) is 6. The second kappa shape index (κ2) is 8.51. The zero-order valence-electron chi connectivity index (χ0n) is 13.9. The molecule has 0 spiro atoms. The number of benzene rings is 1. The van der Waals surface area contributed by atoms with Crippen molar-refractivity contribution in [3.63, 3.8) is 0 Å². The van der Waals surface area contributed by atoms with Gasteiger partial charge in [0.15, 0.2) is 0 Å². The van der Waals surface area contributed by atoms with E-state index in [4.69, 9.17) is 0 Å². The van der Waals surface area contributed by atoms with Gasteiger partial charge in [-0.2, -0.15) is 4.37 Å². The van der Waals surface area contributed by atoms with Crippen LogP contribution in [0.4, 0.5) is 5.13 Å². The number of carbonyl (C=O) groups is 2. The predicted octanol–water partition coefficient (Wildman–Crippen LogP) is 1.75. The predicted molar refractivity (Wildman–Crippen MR) is 93.9 cm³/mol. The zero-order chi connectivity index (χ0) is 17.5. The first-order chi connectivity index (χ1) is 11.5. The van der Waals surface area contributed by atoms with E-state index in [1.54, 1.807) is 19.2 Å². The Bertz CT molecular complexity index is 672. The van der Waals surface area contributed by atoms with Crippen LogP contribution in [0.25, 0.3) is 0 Å². The molecular formula is C16H21N5O2S. The van der Waals surface area contributed by atoms with Gasteiger partial charge in [-0.3, -0.25) is 19.8 Å². The molecule has 0 radical (unpaired) electrons. The van der Waals surface area contributed by atoms with Crippen molar-refractivity contribution in [1.82, 2.24) is 19.6 Å². The van der Waals surface area contributed by atoms with Crippen molar-refractivity contribution < 1.29 is 9.59 Å². The molecule has 2 N–H and O–H groups in total. The Labute approximate surface area is 145 Å². The number of nitrogens with zero attached hydrogens (tertiary/aromatic N) is 3. The molecule has 8 heteroatoms. The van der Waals surface area contributed by atoms with Crippen molar-refractivity contribution in [3.8, 4) is 0 Å². The van der Waals surface area contributed by atoms with Gasteiger partial charge in [-0.15, -0.1) is 0 Å². The monoisotopic (exact) mass is 347 g/mol.